The lowest BCUT2D eigenvalue weighted by molar-refractivity contribution is 0.743. The van der Waals surface area contributed by atoms with Crippen molar-refractivity contribution in [3.05, 3.63) is 48.0 Å². The molecule has 1 aromatic heterocycles. The summed E-state index contributed by atoms with van der Waals surface area (Å²) < 4.78 is 0. The number of hydrogen-bond donors (Lipinski definition) is 2. The minimum Gasteiger partial charge on any atom is -0.351 e. The van der Waals surface area contributed by atoms with Gasteiger partial charge in [0.2, 0.25) is 5.95 Å². The molecule has 6 nitrogen and oxygen atoms in total. The minimum absolute atomic E-state index is 0.435. The molecule has 1 fully saturated rings. The van der Waals surface area contributed by atoms with E-state index in [-0.39, 0.29) is 0 Å². The number of nitrogens with one attached hydrogen (secondary N) is 2. The molecule has 0 spiro atoms. The highest BCUT2D eigenvalue weighted by atomic mass is 15.3. The number of para-hydroxylation sites is 2. The molecule has 6 heteroatoms. The zero-order chi connectivity index (χ0) is 17.9. The lowest BCUT2D eigenvalue weighted by Crippen LogP contribution is -2.22. The van der Waals surface area contributed by atoms with Crippen LogP contribution < -0.4 is 15.5 Å². The molecule has 0 bridgehead atoms. The van der Waals surface area contributed by atoms with Crippen molar-refractivity contribution in [2.45, 2.75) is 38.6 Å². The number of aromatic nitrogens is 2. The van der Waals surface area contributed by atoms with Gasteiger partial charge in [-0.15, -0.1) is 0 Å². The molecule has 2 N–H and O–H groups in total. The van der Waals surface area contributed by atoms with Crippen LogP contribution in [0.15, 0.2) is 42.3 Å². The van der Waals surface area contributed by atoms with Crippen LogP contribution in [-0.2, 0) is 0 Å². The number of hydrogen-bond acceptors (Lipinski definition) is 6. The maximum atomic E-state index is 9.85. The van der Waals surface area contributed by atoms with Crippen LogP contribution in [0.2, 0.25) is 0 Å². The van der Waals surface area contributed by atoms with Crippen molar-refractivity contribution in [2.24, 2.45) is 0 Å². The zero-order valence-corrected chi connectivity index (χ0v) is 14.9. The molecule has 26 heavy (non-hydrogen) atoms. The van der Waals surface area contributed by atoms with Gasteiger partial charge in [-0.05, 0) is 38.0 Å². The third-order valence-electron chi connectivity index (χ3n) is 4.98. The predicted molar refractivity (Wildman–Crippen MR) is 104 cm³/mol. The first-order valence-corrected chi connectivity index (χ1v) is 9.18. The van der Waals surface area contributed by atoms with Crippen LogP contribution in [0, 0.1) is 11.3 Å². The Labute approximate surface area is 153 Å². The van der Waals surface area contributed by atoms with Crippen molar-refractivity contribution in [3.63, 3.8) is 0 Å². The number of fused-ring (bicyclic) bond motifs is 1. The third-order valence-corrected chi connectivity index (χ3v) is 4.98. The molecule has 0 radical (unpaired) electrons. The largest absolute Gasteiger partial charge is 0.351 e. The van der Waals surface area contributed by atoms with Gasteiger partial charge in [0, 0.05) is 18.8 Å². The first-order valence-electron chi connectivity index (χ1n) is 9.18. The van der Waals surface area contributed by atoms with Crippen LogP contribution in [0.3, 0.4) is 0 Å². The van der Waals surface area contributed by atoms with Gasteiger partial charge in [0.1, 0.15) is 17.5 Å². The highest BCUT2D eigenvalue weighted by Gasteiger charge is 2.26. The minimum atomic E-state index is 0.435. The van der Waals surface area contributed by atoms with Gasteiger partial charge in [-0.2, -0.15) is 5.26 Å². The van der Waals surface area contributed by atoms with E-state index in [0.717, 1.165) is 36.6 Å². The van der Waals surface area contributed by atoms with Gasteiger partial charge in [0.25, 0.3) is 0 Å². The summed E-state index contributed by atoms with van der Waals surface area (Å²) in [7, 11) is 0. The summed E-state index contributed by atoms with van der Waals surface area (Å²) in [6.45, 7) is 2.84. The van der Waals surface area contributed by atoms with Crippen molar-refractivity contribution in [2.75, 3.05) is 22.1 Å². The van der Waals surface area contributed by atoms with E-state index >= 15 is 0 Å². The molecular formula is C20H22N6. The summed E-state index contributed by atoms with van der Waals surface area (Å²) in [5.74, 6) is 1.38. The molecule has 0 unspecified atom stereocenters. The molecule has 132 valence electrons. The standard InChI is InChI=1S/C20H22N6/c1-2-26-18-10-6-5-9-17(18)24-19(26)15(13-21)16-11-12-22-20(25-16)23-14-7-3-4-8-14/h5-6,9-12,14,24H,2-4,7-8H2,1H3,(H,22,23,25)/b19-15+. The molecule has 0 atom stereocenters. The molecule has 0 saturated heterocycles. The van der Waals surface area contributed by atoms with Crippen LogP contribution in [0.4, 0.5) is 17.3 Å². The van der Waals surface area contributed by atoms with E-state index in [1.807, 2.05) is 18.2 Å². The fourth-order valence-electron chi connectivity index (χ4n) is 3.71. The molecule has 0 amide bonds. The van der Waals surface area contributed by atoms with Crippen LogP contribution >= 0.6 is 0 Å². The summed E-state index contributed by atoms with van der Waals surface area (Å²) in [6.07, 6.45) is 6.52. The summed E-state index contributed by atoms with van der Waals surface area (Å²) in [4.78, 5) is 11.1. The Morgan fingerprint density at radius 3 is 2.88 bits per heavy atom. The number of rotatable bonds is 4. The van der Waals surface area contributed by atoms with E-state index in [0.29, 0.717) is 23.3 Å². The van der Waals surface area contributed by atoms with E-state index < -0.39 is 0 Å². The smallest absolute Gasteiger partial charge is 0.223 e. The average Bonchev–Trinajstić information content (AvgIpc) is 3.30. The van der Waals surface area contributed by atoms with E-state index in [4.69, 9.17) is 0 Å². The van der Waals surface area contributed by atoms with Crippen LogP contribution in [0.5, 0.6) is 0 Å². The highest BCUT2D eigenvalue weighted by Crippen LogP contribution is 2.38. The summed E-state index contributed by atoms with van der Waals surface area (Å²) in [5, 5.41) is 16.6. The van der Waals surface area contributed by atoms with Gasteiger partial charge in [-0.1, -0.05) is 25.0 Å². The molecule has 2 heterocycles. The molecule has 1 saturated carbocycles. The van der Waals surface area contributed by atoms with E-state index in [9.17, 15) is 5.26 Å². The van der Waals surface area contributed by atoms with Gasteiger partial charge in [0.05, 0.1) is 17.1 Å². The number of nitriles is 1. The molecular weight excluding hydrogens is 324 g/mol. The van der Waals surface area contributed by atoms with Gasteiger partial charge >= 0.3 is 0 Å². The number of benzene rings is 1. The van der Waals surface area contributed by atoms with Crippen molar-refractivity contribution in [1.29, 1.82) is 5.26 Å². The van der Waals surface area contributed by atoms with Gasteiger partial charge in [-0.3, -0.25) is 0 Å². The van der Waals surface area contributed by atoms with Gasteiger partial charge in [-0.25, -0.2) is 9.97 Å². The Morgan fingerprint density at radius 2 is 2.12 bits per heavy atom. The first-order chi connectivity index (χ1) is 12.8. The Bertz CT molecular complexity index is 876. The van der Waals surface area contributed by atoms with Gasteiger partial charge < -0.3 is 15.5 Å². The molecule has 1 aromatic carbocycles. The lowest BCUT2D eigenvalue weighted by atomic mass is 10.2. The topological polar surface area (TPSA) is 76.9 Å². The van der Waals surface area contributed by atoms with E-state index in [1.54, 1.807) is 12.3 Å². The van der Waals surface area contributed by atoms with Crippen LogP contribution in [-0.4, -0.2) is 22.6 Å². The maximum Gasteiger partial charge on any atom is 0.223 e. The van der Waals surface area contributed by atoms with Crippen molar-refractivity contribution >= 4 is 22.9 Å². The van der Waals surface area contributed by atoms with Gasteiger partial charge in [0.15, 0.2) is 0 Å². The van der Waals surface area contributed by atoms with E-state index in [2.05, 4.69) is 44.6 Å². The molecule has 2 aromatic rings. The second kappa shape index (κ2) is 7.04. The Hall–Kier alpha value is -3.07. The summed E-state index contributed by atoms with van der Waals surface area (Å²) in [6, 6.07) is 12.6. The predicted octanol–water partition coefficient (Wildman–Crippen LogP) is 3.98. The normalized spacial score (nSPS) is 18.2. The molecule has 1 aliphatic carbocycles. The van der Waals surface area contributed by atoms with Crippen LogP contribution in [0.1, 0.15) is 38.3 Å². The van der Waals surface area contributed by atoms with E-state index in [1.165, 1.54) is 12.8 Å². The fraction of sp³-hybridized carbons (Fsp3) is 0.350. The first kappa shape index (κ1) is 16.4. The SMILES string of the molecule is CCN1/C(=C(\C#N)c2ccnc(NC3CCCC3)n2)Nc2ccccc21. The Balaban J connectivity index is 1.69. The quantitative estimate of drug-likeness (QED) is 0.816. The van der Waals surface area contributed by atoms with Crippen molar-refractivity contribution in [1.82, 2.24) is 9.97 Å². The summed E-state index contributed by atoms with van der Waals surface area (Å²) in [5.41, 5.74) is 3.25. The molecule has 4 rings (SSSR count). The Morgan fingerprint density at radius 1 is 1.31 bits per heavy atom. The second-order valence-electron chi connectivity index (χ2n) is 6.61. The zero-order valence-electron chi connectivity index (χ0n) is 14.9. The number of nitrogens with zero attached hydrogens (tertiary/aromatic N) is 4. The van der Waals surface area contributed by atoms with Crippen molar-refractivity contribution in [3.8, 4) is 6.07 Å². The highest BCUT2D eigenvalue weighted by molar-refractivity contribution is 5.90. The van der Waals surface area contributed by atoms with Crippen molar-refractivity contribution < 1.29 is 0 Å². The van der Waals surface area contributed by atoms with Crippen LogP contribution in [0.25, 0.3) is 5.57 Å². The number of allylic oxidation sites excluding steroid dienone is 1. The number of anilines is 3. The lowest BCUT2D eigenvalue weighted by Gasteiger charge is -2.19. The summed E-state index contributed by atoms with van der Waals surface area (Å²) >= 11 is 0. The second-order valence-corrected chi connectivity index (χ2v) is 6.61. The monoisotopic (exact) mass is 346 g/mol. The fourth-order valence-corrected chi connectivity index (χ4v) is 3.71. The third kappa shape index (κ3) is 2.97. The molecule has 1 aliphatic heterocycles. The Kier molecular flexibility index (Phi) is 4.44. The average molecular weight is 346 g/mol. The maximum absolute atomic E-state index is 9.85. The molecule has 2 aliphatic rings.